The molecule has 1 aliphatic rings. The molecule has 0 aromatic heterocycles. The number of hydrogen-bond acceptors (Lipinski definition) is 3. The molecule has 0 unspecified atom stereocenters. The molecule has 3 heteroatoms. The van der Waals surface area contributed by atoms with Gasteiger partial charge in [-0.2, -0.15) is 0 Å². The van der Waals surface area contributed by atoms with E-state index in [2.05, 4.69) is 0 Å². The van der Waals surface area contributed by atoms with Crippen LogP contribution in [0.2, 0.25) is 0 Å². The average molecular weight is 266 g/mol. The second kappa shape index (κ2) is 4.30. The van der Waals surface area contributed by atoms with Crippen molar-refractivity contribution in [2.75, 3.05) is 7.11 Å². The Labute approximate surface area is 117 Å². The minimum absolute atomic E-state index is 0.0242. The van der Waals surface area contributed by atoms with Gasteiger partial charge < -0.3 is 4.74 Å². The molecule has 3 rings (SSSR count). The molecule has 0 spiro atoms. The van der Waals surface area contributed by atoms with Crippen molar-refractivity contribution in [2.45, 2.75) is 13.8 Å². The van der Waals surface area contributed by atoms with Gasteiger partial charge in [-0.25, -0.2) is 4.79 Å². The summed E-state index contributed by atoms with van der Waals surface area (Å²) in [5.74, 6) is -0.451. The number of carbonyl (C=O) groups excluding carboxylic acids is 2. The van der Waals surface area contributed by atoms with Gasteiger partial charge in [0.1, 0.15) is 0 Å². The van der Waals surface area contributed by atoms with E-state index < -0.39 is 5.97 Å². The van der Waals surface area contributed by atoms with E-state index in [9.17, 15) is 9.59 Å². The van der Waals surface area contributed by atoms with Crippen LogP contribution in [0.4, 0.5) is 0 Å². The van der Waals surface area contributed by atoms with Gasteiger partial charge in [0.25, 0.3) is 0 Å². The molecule has 20 heavy (non-hydrogen) atoms. The molecule has 0 radical (unpaired) electrons. The van der Waals surface area contributed by atoms with Crippen LogP contribution >= 0.6 is 0 Å². The van der Waals surface area contributed by atoms with Crippen LogP contribution in [0.15, 0.2) is 30.3 Å². The van der Waals surface area contributed by atoms with Crippen LogP contribution in [0.25, 0.3) is 11.1 Å². The highest BCUT2D eigenvalue weighted by molar-refractivity contribution is 6.22. The summed E-state index contributed by atoms with van der Waals surface area (Å²) in [5.41, 5.74) is 5.85. The minimum Gasteiger partial charge on any atom is -0.465 e. The lowest BCUT2D eigenvalue weighted by Crippen LogP contribution is -2.03. The molecular formula is C17H14O3. The van der Waals surface area contributed by atoms with Crippen molar-refractivity contribution >= 4 is 11.8 Å². The molecule has 2 aromatic carbocycles. The van der Waals surface area contributed by atoms with Crippen molar-refractivity contribution in [3.8, 4) is 11.1 Å². The number of esters is 1. The third kappa shape index (κ3) is 1.59. The monoisotopic (exact) mass is 266 g/mol. The van der Waals surface area contributed by atoms with Crippen molar-refractivity contribution in [2.24, 2.45) is 0 Å². The first kappa shape index (κ1) is 12.6. The Morgan fingerprint density at radius 2 is 1.70 bits per heavy atom. The predicted molar refractivity (Wildman–Crippen MR) is 76.1 cm³/mol. The van der Waals surface area contributed by atoms with Gasteiger partial charge >= 0.3 is 5.97 Å². The molecule has 2 aromatic rings. The fourth-order valence-electron chi connectivity index (χ4n) is 2.69. The number of carbonyl (C=O) groups is 2. The van der Waals surface area contributed by atoms with E-state index in [1.165, 1.54) is 7.11 Å². The second-order valence-electron chi connectivity index (χ2n) is 5.01. The number of rotatable bonds is 1. The molecule has 0 saturated carbocycles. The Kier molecular flexibility index (Phi) is 2.71. The number of methoxy groups -OCH3 is 1. The summed E-state index contributed by atoms with van der Waals surface area (Å²) >= 11 is 0. The zero-order valence-corrected chi connectivity index (χ0v) is 11.6. The average Bonchev–Trinajstić information content (AvgIpc) is 2.75. The Hall–Kier alpha value is -2.42. The topological polar surface area (TPSA) is 43.4 Å². The molecule has 0 aliphatic heterocycles. The summed E-state index contributed by atoms with van der Waals surface area (Å²) in [5, 5.41) is 0. The lowest BCUT2D eigenvalue weighted by atomic mass is 9.96. The predicted octanol–water partition coefficient (Wildman–Crippen LogP) is 3.30. The standard InChI is InChI=1S/C17H14O3/c1-9-4-6-13-15(10(9)2)12-7-5-11(17(19)20-3)8-14(12)16(13)18/h4-8H,1-3H3. The van der Waals surface area contributed by atoms with Crippen LogP contribution in [0.5, 0.6) is 0 Å². The molecule has 0 N–H and O–H groups in total. The lowest BCUT2D eigenvalue weighted by Gasteiger charge is -2.08. The van der Waals surface area contributed by atoms with Gasteiger partial charge in [0.15, 0.2) is 5.78 Å². The summed E-state index contributed by atoms with van der Waals surface area (Å²) in [6.45, 7) is 4.05. The van der Waals surface area contributed by atoms with Crippen molar-refractivity contribution in [3.05, 3.63) is 58.1 Å². The van der Waals surface area contributed by atoms with Crippen molar-refractivity contribution in [3.63, 3.8) is 0 Å². The van der Waals surface area contributed by atoms with Crippen LogP contribution in [0.3, 0.4) is 0 Å². The zero-order valence-electron chi connectivity index (χ0n) is 11.6. The van der Waals surface area contributed by atoms with E-state index in [1.54, 1.807) is 12.1 Å². The van der Waals surface area contributed by atoms with Crippen LogP contribution in [0.1, 0.15) is 37.4 Å². The minimum atomic E-state index is -0.426. The molecule has 0 heterocycles. The summed E-state index contributed by atoms with van der Waals surface area (Å²) in [6, 6.07) is 8.97. The fourth-order valence-corrected chi connectivity index (χ4v) is 2.69. The van der Waals surface area contributed by atoms with Crippen LogP contribution in [-0.2, 0) is 4.74 Å². The Morgan fingerprint density at radius 3 is 2.40 bits per heavy atom. The second-order valence-corrected chi connectivity index (χ2v) is 5.01. The van der Waals surface area contributed by atoms with Gasteiger partial charge in [-0.15, -0.1) is 0 Å². The molecule has 0 saturated heterocycles. The van der Waals surface area contributed by atoms with Gasteiger partial charge in [0.05, 0.1) is 12.7 Å². The number of aryl methyl sites for hydroxylation is 1. The number of benzene rings is 2. The van der Waals surface area contributed by atoms with E-state index in [-0.39, 0.29) is 5.78 Å². The maximum atomic E-state index is 12.5. The highest BCUT2D eigenvalue weighted by Gasteiger charge is 2.29. The maximum Gasteiger partial charge on any atom is 0.337 e. The first-order valence-corrected chi connectivity index (χ1v) is 6.42. The molecule has 100 valence electrons. The Morgan fingerprint density at radius 1 is 1.00 bits per heavy atom. The lowest BCUT2D eigenvalue weighted by molar-refractivity contribution is 0.0601. The van der Waals surface area contributed by atoms with Crippen molar-refractivity contribution in [1.29, 1.82) is 0 Å². The van der Waals surface area contributed by atoms with Gasteiger partial charge in [-0.3, -0.25) is 4.79 Å². The Balaban J connectivity index is 2.25. The highest BCUT2D eigenvalue weighted by atomic mass is 16.5. The van der Waals surface area contributed by atoms with Gasteiger partial charge in [0.2, 0.25) is 0 Å². The highest BCUT2D eigenvalue weighted by Crippen LogP contribution is 2.40. The van der Waals surface area contributed by atoms with Gasteiger partial charge in [-0.1, -0.05) is 18.2 Å². The molecular weight excluding hydrogens is 252 g/mol. The van der Waals surface area contributed by atoms with E-state index in [0.29, 0.717) is 16.7 Å². The van der Waals surface area contributed by atoms with Gasteiger partial charge in [-0.05, 0) is 48.2 Å². The molecule has 0 fully saturated rings. The molecule has 0 bridgehead atoms. The zero-order chi connectivity index (χ0) is 14.4. The largest absolute Gasteiger partial charge is 0.465 e. The molecule has 1 aliphatic carbocycles. The third-order valence-corrected chi connectivity index (χ3v) is 3.94. The van der Waals surface area contributed by atoms with Crippen molar-refractivity contribution in [1.82, 2.24) is 0 Å². The summed E-state index contributed by atoms with van der Waals surface area (Å²) in [6.07, 6.45) is 0. The van der Waals surface area contributed by atoms with Crippen LogP contribution in [-0.4, -0.2) is 18.9 Å². The van der Waals surface area contributed by atoms with Crippen molar-refractivity contribution < 1.29 is 14.3 Å². The van der Waals surface area contributed by atoms with E-state index in [1.807, 2.05) is 32.0 Å². The third-order valence-electron chi connectivity index (χ3n) is 3.94. The number of ether oxygens (including phenoxy) is 1. The first-order valence-electron chi connectivity index (χ1n) is 6.42. The fraction of sp³-hybridized carbons (Fsp3) is 0.176. The van der Waals surface area contributed by atoms with E-state index in [0.717, 1.165) is 22.3 Å². The number of hydrogen-bond donors (Lipinski definition) is 0. The summed E-state index contributed by atoms with van der Waals surface area (Å²) < 4.78 is 4.70. The smallest absolute Gasteiger partial charge is 0.337 e. The first-order chi connectivity index (χ1) is 9.54. The maximum absolute atomic E-state index is 12.5. The SMILES string of the molecule is COC(=O)c1ccc2c(c1)C(=O)c1ccc(C)c(C)c1-2. The molecule has 0 atom stereocenters. The van der Waals surface area contributed by atoms with Crippen LogP contribution < -0.4 is 0 Å². The number of ketones is 1. The normalized spacial score (nSPS) is 12.1. The quantitative estimate of drug-likeness (QED) is 0.635. The van der Waals surface area contributed by atoms with E-state index >= 15 is 0 Å². The van der Waals surface area contributed by atoms with E-state index in [4.69, 9.17) is 4.74 Å². The molecule has 3 nitrogen and oxygen atoms in total. The Bertz CT molecular complexity index is 757. The van der Waals surface area contributed by atoms with Gasteiger partial charge in [0, 0.05) is 11.1 Å². The summed E-state index contributed by atoms with van der Waals surface area (Å²) in [7, 11) is 1.33. The van der Waals surface area contributed by atoms with Crippen LogP contribution in [0, 0.1) is 13.8 Å². The molecule has 0 amide bonds. The number of fused-ring (bicyclic) bond motifs is 3. The summed E-state index contributed by atoms with van der Waals surface area (Å²) in [4.78, 5) is 24.0.